The molecule has 1 aromatic rings. The van der Waals surface area contributed by atoms with Crippen molar-refractivity contribution in [3.05, 3.63) is 34.9 Å². The van der Waals surface area contributed by atoms with E-state index >= 15 is 0 Å². The van der Waals surface area contributed by atoms with E-state index in [-0.39, 0.29) is 6.10 Å². The highest BCUT2D eigenvalue weighted by molar-refractivity contribution is 5.32. The van der Waals surface area contributed by atoms with Crippen molar-refractivity contribution in [1.82, 2.24) is 0 Å². The van der Waals surface area contributed by atoms with Crippen LogP contribution in [0.2, 0.25) is 0 Å². The summed E-state index contributed by atoms with van der Waals surface area (Å²) < 4.78 is 0. The van der Waals surface area contributed by atoms with Crippen LogP contribution in [0.25, 0.3) is 0 Å². The zero-order chi connectivity index (χ0) is 14.6. The Balaban J connectivity index is 1.56. The van der Waals surface area contributed by atoms with E-state index in [4.69, 9.17) is 0 Å². The van der Waals surface area contributed by atoms with Gasteiger partial charge >= 0.3 is 0 Å². The Morgan fingerprint density at radius 1 is 1.05 bits per heavy atom. The first-order chi connectivity index (χ1) is 10.0. The van der Waals surface area contributed by atoms with E-state index in [2.05, 4.69) is 32.0 Å². The minimum atomic E-state index is -0.263. The number of aryl methyl sites for hydroxylation is 2. The summed E-state index contributed by atoms with van der Waals surface area (Å²) in [6, 6.07) is 6.50. The average Bonchev–Trinajstić information content (AvgIpc) is 2.39. The zero-order valence-electron chi connectivity index (χ0n) is 13.4. The van der Waals surface area contributed by atoms with Crippen molar-refractivity contribution in [2.24, 2.45) is 23.2 Å². The van der Waals surface area contributed by atoms with Crippen molar-refractivity contribution in [2.45, 2.75) is 64.9 Å². The van der Waals surface area contributed by atoms with Gasteiger partial charge in [-0.2, -0.15) is 0 Å². The summed E-state index contributed by atoms with van der Waals surface area (Å²) in [7, 11) is 0. The van der Waals surface area contributed by atoms with Crippen LogP contribution in [0.4, 0.5) is 0 Å². The van der Waals surface area contributed by atoms with E-state index in [9.17, 15) is 5.11 Å². The maximum Gasteiger partial charge on any atom is 0.0798 e. The van der Waals surface area contributed by atoms with Crippen LogP contribution in [0.3, 0.4) is 0 Å². The second-order valence-electron chi connectivity index (χ2n) is 8.50. The summed E-state index contributed by atoms with van der Waals surface area (Å²) in [6.07, 6.45) is 9.36. The van der Waals surface area contributed by atoms with Crippen molar-refractivity contribution < 1.29 is 5.11 Å². The van der Waals surface area contributed by atoms with Gasteiger partial charge in [-0.15, -0.1) is 0 Å². The maximum absolute atomic E-state index is 10.9. The van der Waals surface area contributed by atoms with Gasteiger partial charge in [0, 0.05) is 0 Å². The first-order valence-corrected chi connectivity index (χ1v) is 8.78. The van der Waals surface area contributed by atoms with E-state index in [1.165, 1.54) is 55.2 Å². The van der Waals surface area contributed by atoms with E-state index in [1.54, 1.807) is 0 Å². The molecular formula is C20H28O. The zero-order valence-corrected chi connectivity index (χ0v) is 13.4. The Labute approximate surface area is 128 Å². The smallest absolute Gasteiger partial charge is 0.0798 e. The molecule has 0 aliphatic heterocycles. The molecule has 114 valence electrons. The van der Waals surface area contributed by atoms with Gasteiger partial charge in [-0.05, 0) is 93.1 Å². The van der Waals surface area contributed by atoms with Crippen molar-refractivity contribution >= 4 is 0 Å². The van der Waals surface area contributed by atoms with Crippen LogP contribution in [0.1, 0.15) is 67.7 Å². The molecule has 1 heteroatoms. The number of aliphatic hydroxyl groups excluding tert-OH is 1. The van der Waals surface area contributed by atoms with Crippen LogP contribution in [-0.2, 0) is 0 Å². The molecule has 1 nitrogen and oxygen atoms in total. The number of hydrogen-bond donors (Lipinski definition) is 1. The summed E-state index contributed by atoms with van der Waals surface area (Å²) in [5.41, 5.74) is 4.15. The van der Waals surface area contributed by atoms with Crippen LogP contribution >= 0.6 is 0 Å². The first-order valence-electron chi connectivity index (χ1n) is 8.78. The van der Waals surface area contributed by atoms with Gasteiger partial charge in [0.25, 0.3) is 0 Å². The quantitative estimate of drug-likeness (QED) is 0.833. The molecule has 0 saturated heterocycles. The van der Waals surface area contributed by atoms with E-state index in [1.807, 2.05) is 0 Å². The van der Waals surface area contributed by atoms with Crippen LogP contribution in [0.15, 0.2) is 18.2 Å². The highest BCUT2D eigenvalue weighted by Crippen LogP contribution is 2.62. The van der Waals surface area contributed by atoms with Gasteiger partial charge in [-0.25, -0.2) is 0 Å². The van der Waals surface area contributed by atoms with Crippen molar-refractivity contribution in [2.75, 3.05) is 0 Å². The van der Waals surface area contributed by atoms with E-state index < -0.39 is 0 Å². The standard InChI is InChI=1S/C20H28O/c1-13-3-4-14(2)18(5-13)19(21)12-20-9-15-6-16(10-20)8-17(7-15)11-20/h3-5,15-17,19,21H,6-12H2,1-2H3. The minimum Gasteiger partial charge on any atom is -0.388 e. The molecule has 0 heterocycles. The molecule has 4 aliphatic rings. The van der Waals surface area contributed by atoms with Gasteiger partial charge in [0.2, 0.25) is 0 Å². The lowest BCUT2D eigenvalue weighted by Crippen LogP contribution is -2.46. The second-order valence-corrected chi connectivity index (χ2v) is 8.50. The molecule has 0 spiro atoms. The van der Waals surface area contributed by atoms with Gasteiger partial charge in [-0.3, -0.25) is 0 Å². The highest BCUT2D eigenvalue weighted by Gasteiger charge is 2.51. The van der Waals surface area contributed by atoms with Gasteiger partial charge in [0.15, 0.2) is 0 Å². The third-order valence-corrected chi connectivity index (χ3v) is 6.59. The highest BCUT2D eigenvalue weighted by atomic mass is 16.3. The number of rotatable bonds is 3. The minimum absolute atomic E-state index is 0.263. The summed E-state index contributed by atoms with van der Waals surface area (Å²) in [4.78, 5) is 0. The monoisotopic (exact) mass is 284 g/mol. The number of aliphatic hydroxyl groups is 1. The van der Waals surface area contributed by atoms with Crippen molar-refractivity contribution in [1.29, 1.82) is 0 Å². The largest absolute Gasteiger partial charge is 0.388 e. The fourth-order valence-corrected chi connectivity index (χ4v) is 6.18. The molecule has 0 aromatic heterocycles. The molecule has 0 radical (unpaired) electrons. The summed E-state index contributed by atoms with van der Waals surface area (Å²) in [5, 5.41) is 10.9. The lowest BCUT2D eigenvalue weighted by atomic mass is 9.48. The SMILES string of the molecule is Cc1ccc(C)c(C(O)CC23CC4CC(CC(C4)C2)C3)c1. The normalized spacial score (nSPS) is 38.7. The summed E-state index contributed by atoms with van der Waals surface area (Å²) in [6.45, 7) is 4.26. The predicted molar refractivity (Wildman–Crippen MR) is 86.1 cm³/mol. The third kappa shape index (κ3) is 2.44. The Morgan fingerprint density at radius 3 is 2.19 bits per heavy atom. The molecule has 5 rings (SSSR count). The predicted octanol–water partition coefficient (Wildman–Crippen LogP) is 4.94. The molecule has 4 aliphatic carbocycles. The van der Waals surface area contributed by atoms with Crippen LogP contribution < -0.4 is 0 Å². The molecular weight excluding hydrogens is 256 g/mol. The molecule has 4 fully saturated rings. The van der Waals surface area contributed by atoms with Crippen LogP contribution in [0, 0.1) is 37.0 Å². The lowest BCUT2D eigenvalue weighted by Gasteiger charge is -2.57. The Morgan fingerprint density at radius 2 is 1.62 bits per heavy atom. The van der Waals surface area contributed by atoms with Crippen molar-refractivity contribution in [3.8, 4) is 0 Å². The molecule has 4 bridgehead atoms. The Bertz CT molecular complexity index is 509. The van der Waals surface area contributed by atoms with E-state index in [0.717, 1.165) is 24.2 Å². The molecule has 1 N–H and O–H groups in total. The number of hydrogen-bond acceptors (Lipinski definition) is 1. The Hall–Kier alpha value is -0.820. The number of benzene rings is 1. The third-order valence-electron chi connectivity index (χ3n) is 6.59. The summed E-state index contributed by atoms with van der Waals surface area (Å²) >= 11 is 0. The van der Waals surface area contributed by atoms with Gasteiger partial charge < -0.3 is 5.11 Å². The molecule has 1 aromatic carbocycles. The van der Waals surface area contributed by atoms with Gasteiger partial charge in [0.1, 0.15) is 0 Å². The fraction of sp³-hybridized carbons (Fsp3) is 0.700. The van der Waals surface area contributed by atoms with Gasteiger partial charge in [0.05, 0.1) is 6.10 Å². The van der Waals surface area contributed by atoms with Crippen LogP contribution in [-0.4, -0.2) is 5.11 Å². The van der Waals surface area contributed by atoms with Crippen molar-refractivity contribution in [3.63, 3.8) is 0 Å². The fourth-order valence-electron chi connectivity index (χ4n) is 6.18. The topological polar surface area (TPSA) is 20.2 Å². The average molecular weight is 284 g/mol. The van der Waals surface area contributed by atoms with Gasteiger partial charge in [-0.1, -0.05) is 23.8 Å². The molecule has 1 atom stereocenters. The molecule has 4 saturated carbocycles. The Kier molecular flexibility index (Phi) is 3.19. The molecule has 1 unspecified atom stereocenters. The molecule has 21 heavy (non-hydrogen) atoms. The van der Waals surface area contributed by atoms with Crippen LogP contribution in [0.5, 0.6) is 0 Å². The first kappa shape index (κ1) is 13.8. The van der Waals surface area contributed by atoms with E-state index in [0.29, 0.717) is 5.41 Å². The second kappa shape index (κ2) is 4.84. The lowest BCUT2D eigenvalue weighted by molar-refractivity contribution is -0.0764. The summed E-state index contributed by atoms with van der Waals surface area (Å²) in [5.74, 6) is 2.92. The molecule has 0 amide bonds. The maximum atomic E-state index is 10.9.